The third-order valence-corrected chi connectivity index (χ3v) is 2.37. The molecule has 0 bridgehead atoms. The first-order chi connectivity index (χ1) is 7.77. The van der Waals surface area contributed by atoms with Crippen molar-refractivity contribution in [1.29, 1.82) is 0 Å². The van der Waals surface area contributed by atoms with E-state index in [4.69, 9.17) is 5.11 Å². The quantitative estimate of drug-likeness (QED) is 0.723. The van der Waals surface area contributed by atoms with Gasteiger partial charge in [-0.3, -0.25) is 0 Å². The van der Waals surface area contributed by atoms with E-state index in [0.717, 1.165) is 13.0 Å². The zero-order chi connectivity index (χ0) is 12.6. The van der Waals surface area contributed by atoms with Crippen LogP contribution in [0.1, 0.15) is 72.6 Å². The topological polar surface area (TPSA) is 32.3 Å². The number of hydrogen-bond acceptors (Lipinski definition) is 2. The van der Waals surface area contributed by atoms with Gasteiger partial charge in [-0.25, -0.2) is 0 Å². The Hall–Kier alpha value is -0.0800. The summed E-state index contributed by atoms with van der Waals surface area (Å²) in [7, 11) is 0. The predicted molar refractivity (Wildman–Crippen MR) is 73.9 cm³/mol. The Kier molecular flexibility index (Phi) is 19.8. The van der Waals surface area contributed by atoms with E-state index in [9.17, 15) is 0 Å². The lowest BCUT2D eigenvalue weighted by Gasteiger charge is -2.05. The van der Waals surface area contributed by atoms with Crippen LogP contribution in [0.15, 0.2) is 0 Å². The molecule has 0 heterocycles. The summed E-state index contributed by atoms with van der Waals surface area (Å²) in [6.45, 7) is 9.61. The van der Waals surface area contributed by atoms with Crippen molar-refractivity contribution in [2.75, 3.05) is 13.1 Å². The Balaban J connectivity index is 0. The molecular weight excluding hydrogens is 198 g/mol. The van der Waals surface area contributed by atoms with Crippen LogP contribution in [0.3, 0.4) is 0 Å². The lowest BCUT2D eigenvalue weighted by Crippen LogP contribution is -2.24. The number of hydrogen-bond donors (Lipinski definition) is 2. The zero-order valence-electron chi connectivity index (χ0n) is 11.9. The van der Waals surface area contributed by atoms with Gasteiger partial charge in [0.05, 0.1) is 6.10 Å². The molecule has 0 radical (unpaired) electrons. The highest BCUT2D eigenvalue weighted by molar-refractivity contribution is 4.51. The maximum atomic E-state index is 8.72. The monoisotopic (exact) mass is 231 g/mol. The van der Waals surface area contributed by atoms with E-state index < -0.39 is 0 Å². The number of nitrogens with one attached hydrogen (secondary N) is 1. The molecule has 1 unspecified atom stereocenters. The molecule has 16 heavy (non-hydrogen) atoms. The highest BCUT2D eigenvalue weighted by Crippen LogP contribution is 2.15. The van der Waals surface area contributed by atoms with Crippen LogP contribution in [0.5, 0.6) is 0 Å². The van der Waals surface area contributed by atoms with Crippen LogP contribution in [-0.4, -0.2) is 24.3 Å². The van der Waals surface area contributed by atoms with Gasteiger partial charge >= 0.3 is 0 Å². The Bertz CT molecular complexity index is 89.4. The van der Waals surface area contributed by atoms with Gasteiger partial charge < -0.3 is 10.4 Å². The van der Waals surface area contributed by atoms with Crippen molar-refractivity contribution >= 4 is 0 Å². The first-order valence-corrected chi connectivity index (χ1v) is 7.16. The summed E-state index contributed by atoms with van der Waals surface area (Å²) in [5, 5.41) is 11.8. The van der Waals surface area contributed by atoms with Gasteiger partial charge in [0.15, 0.2) is 0 Å². The predicted octanol–water partition coefficient (Wildman–Crippen LogP) is 3.73. The van der Waals surface area contributed by atoms with Crippen LogP contribution >= 0.6 is 0 Å². The lowest BCUT2D eigenvalue weighted by molar-refractivity contribution is 0.191. The van der Waals surface area contributed by atoms with Crippen LogP contribution < -0.4 is 5.32 Å². The average Bonchev–Trinajstić information content (AvgIpc) is 2.35. The molecule has 1 atom stereocenters. The SMILES string of the molecule is C1CCCCC1.CC.CCCNCC(C)O. The molecule has 2 heteroatoms. The Morgan fingerprint density at radius 1 is 1.00 bits per heavy atom. The number of aliphatic hydroxyl groups excluding tert-OH is 1. The molecule has 2 nitrogen and oxygen atoms in total. The Morgan fingerprint density at radius 3 is 1.62 bits per heavy atom. The normalized spacial score (nSPS) is 16.3. The second-order valence-corrected chi connectivity index (χ2v) is 4.17. The van der Waals surface area contributed by atoms with Gasteiger partial charge in [0.25, 0.3) is 0 Å². The van der Waals surface area contributed by atoms with Gasteiger partial charge in [-0.1, -0.05) is 59.3 Å². The average molecular weight is 231 g/mol. The maximum absolute atomic E-state index is 8.72. The van der Waals surface area contributed by atoms with Crippen molar-refractivity contribution in [3.05, 3.63) is 0 Å². The van der Waals surface area contributed by atoms with Crippen molar-refractivity contribution in [3.63, 3.8) is 0 Å². The Labute approximate surface area is 103 Å². The van der Waals surface area contributed by atoms with Crippen LogP contribution in [0.25, 0.3) is 0 Å². The van der Waals surface area contributed by atoms with E-state index >= 15 is 0 Å². The minimum Gasteiger partial charge on any atom is -0.392 e. The number of aliphatic hydroxyl groups is 1. The molecule has 2 N–H and O–H groups in total. The standard InChI is InChI=1S/C6H15NO.C6H12.C2H6/c1-3-4-7-5-6(2)8;1-2-4-6-5-3-1;1-2/h6-8H,3-5H2,1-2H3;1-6H2;1-2H3. The molecule has 100 valence electrons. The van der Waals surface area contributed by atoms with Crippen LogP contribution in [-0.2, 0) is 0 Å². The Morgan fingerprint density at radius 2 is 1.38 bits per heavy atom. The molecule has 1 aliphatic rings. The first kappa shape index (κ1) is 18.3. The fraction of sp³-hybridized carbons (Fsp3) is 1.00. The molecule has 1 saturated carbocycles. The molecule has 0 amide bonds. The highest BCUT2D eigenvalue weighted by atomic mass is 16.3. The molecule has 0 aromatic carbocycles. The summed E-state index contributed by atoms with van der Waals surface area (Å²) in [6.07, 6.45) is 9.92. The van der Waals surface area contributed by atoms with Crippen molar-refractivity contribution in [1.82, 2.24) is 5.32 Å². The smallest absolute Gasteiger partial charge is 0.0636 e. The summed E-state index contributed by atoms with van der Waals surface area (Å²) in [5.41, 5.74) is 0. The summed E-state index contributed by atoms with van der Waals surface area (Å²) in [4.78, 5) is 0. The van der Waals surface area contributed by atoms with Gasteiger partial charge in [0.2, 0.25) is 0 Å². The summed E-state index contributed by atoms with van der Waals surface area (Å²) in [5.74, 6) is 0. The summed E-state index contributed by atoms with van der Waals surface area (Å²) in [6, 6.07) is 0. The van der Waals surface area contributed by atoms with Gasteiger partial charge in [-0.05, 0) is 19.9 Å². The molecule has 0 spiro atoms. The summed E-state index contributed by atoms with van der Waals surface area (Å²) < 4.78 is 0. The molecule has 1 rings (SSSR count). The van der Waals surface area contributed by atoms with Crippen molar-refractivity contribution < 1.29 is 5.11 Å². The largest absolute Gasteiger partial charge is 0.392 e. The van der Waals surface area contributed by atoms with Crippen LogP contribution in [0.4, 0.5) is 0 Å². The third kappa shape index (κ3) is 19.5. The fourth-order valence-electron chi connectivity index (χ4n) is 1.55. The first-order valence-electron chi connectivity index (χ1n) is 7.16. The number of rotatable bonds is 4. The molecule has 1 fully saturated rings. The summed E-state index contributed by atoms with van der Waals surface area (Å²) >= 11 is 0. The van der Waals surface area contributed by atoms with E-state index in [1.807, 2.05) is 13.8 Å². The molecule has 0 aromatic heterocycles. The van der Waals surface area contributed by atoms with Crippen molar-refractivity contribution in [2.45, 2.75) is 78.7 Å². The van der Waals surface area contributed by atoms with Gasteiger partial charge in [0, 0.05) is 6.54 Å². The van der Waals surface area contributed by atoms with E-state index in [-0.39, 0.29) is 6.10 Å². The van der Waals surface area contributed by atoms with Crippen LogP contribution in [0, 0.1) is 0 Å². The van der Waals surface area contributed by atoms with Gasteiger partial charge in [-0.2, -0.15) is 0 Å². The van der Waals surface area contributed by atoms with Crippen molar-refractivity contribution in [3.8, 4) is 0 Å². The highest BCUT2D eigenvalue weighted by Gasteiger charge is 1.95. The van der Waals surface area contributed by atoms with Gasteiger partial charge in [0.1, 0.15) is 0 Å². The second-order valence-electron chi connectivity index (χ2n) is 4.17. The zero-order valence-corrected chi connectivity index (χ0v) is 11.9. The second kappa shape index (κ2) is 17.3. The van der Waals surface area contributed by atoms with E-state index in [1.165, 1.54) is 38.5 Å². The maximum Gasteiger partial charge on any atom is 0.0636 e. The van der Waals surface area contributed by atoms with E-state index in [1.54, 1.807) is 6.92 Å². The van der Waals surface area contributed by atoms with Crippen molar-refractivity contribution in [2.24, 2.45) is 0 Å². The lowest BCUT2D eigenvalue weighted by atomic mass is 10.0. The van der Waals surface area contributed by atoms with Crippen LogP contribution in [0.2, 0.25) is 0 Å². The molecule has 0 saturated heterocycles. The minimum absolute atomic E-state index is 0.207. The third-order valence-electron chi connectivity index (χ3n) is 2.37. The molecule has 0 aliphatic heterocycles. The minimum atomic E-state index is -0.207. The molecule has 0 aromatic rings. The van der Waals surface area contributed by atoms with E-state index in [2.05, 4.69) is 12.2 Å². The van der Waals surface area contributed by atoms with E-state index in [0.29, 0.717) is 6.54 Å². The van der Waals surface area contributed by atoms with Gasteiger partial charge in [-0.15, -0.1) is 0 Å². The molecule has 1 aliphatic carbocycles. The molecular formula is C14H33NO. The fourth-order valence-corrected chi connectivity index (χ4v) is 1.55.